The summed E-state index contributed by atoms with van der Waals surface area (Å²) in [4.78, 5) is 0. The maximum Gasteiger partial charge on any atom is 0.145 e. The summed E-state index contributed by atoms with van der Waals surface area (Å²) in [6.07, 6.45) is 0.935. The first-order valence-electron chi connectivity index (χ1n) is 6.59. The van der Waals surface area contributed by atoms with E-state index in [1.54, 1.807) is 6.07 Å². The van der Waals surface area contributed by atoms with Crippen molar-refractivity contribution < 1.29 is 9.47 Å². The highest BCUT2D eigenvalue weighted by Gasteiger charge is 2.05. The summed E-state index contributed by atoms with van der Waals surface area (Å²) >= 11 is 6.09. The fourth-order valence-corrected chi connectivity index (χ4v) is 1.91. The van der Waals surface area contributed by atoms with Gasteiger partial charge in [0.15, 0.2) is 0 Å². The molecule has 2 rings (SSSR count). The van der Waals surface area contributed by atoms with E-state index in [1.165, 1.54) is 0 Å². The molecule has 0 aliphatic carbocycles. The van der Waals surface area contributed by atoms with Gasteiger partial charge < -0.3 is 15.2 Å². The Bertz CT molecular complexity index is 572. The standard InChI is InChI=1S/C16H18ClNO2/c1-2-9-19-16-10-13(7-8-15(16)18)20-11-12-5-3-4-6-14(12)17/h3-8,10H,2,9,11,18H2,1H3. The molecule has 0 saturated heterocycles. The number of nitrogens with two attached hydrogens (primary N) is 1. The maximum atomic E-state index is 6.09. The molecule has 0 amide bonds. The van der Waals surface area contributed by atoms with Crippen molar-refractivity contribution in [1.29, 1.82) is 0 Å². The molecule has 0 spiro atoms. The van der Waals surface area contributed by atoms with E-state index in [0.29, 0.717) is 35.4 Å². The number of hydrogen-bond acceptors (Lipinski definition) is 3. The van der Waals surface area contributed by atoms with Gasteiger partial charge in [0.1, 0.15) is 18.1 Å². The van der Waals surface area contributed by atoms with Gasteiger partial charge in [-0.15, -0.1) is 0 Å². The summed E-state index contributed by atoms with van der Waals surface area (Å²) in [5.41, 5.74) is 7.42. The highest BCUT2D eigenvalue weighted by atomic mass is 35.5. The maximum absolute atomic E-state index is 6.09. The molecule has 0 atom stereocenters. The van der Waals surface area contributed by atoms with E-state index >= 15 is 0 Å². The van der Waals surface area contributed by atoms with Crippen LogP contribution in [0.15, 0.2) is 42.5 Å². The van der Waals surface area contributed by atoms with Gasteiger partial charge in [0.2, 0.25) is 0 Å². The van der Waals surface area contributed by atoms with Gasteiger partial charge in [-0.2, -0.15) is 0 Å². The number of halogens is 1. The van der Waals surface area contributed by atoms with Crippen molar-refractivity contribution in [3.63, 3.8) is 0 Å². The molecule has 0 aliphatic heterocycles. The van der Waals surface area contributed by atoms with Crippen molar-refractivity contribution in [2.75, 3.05) is 12.3 Å². The van der Waals surface area contributed by atoms with E-state index in [9.17, 15) is 0 Å². The number of ether oxygens (including phenoxy) is 2. The molecule has 2 aromatic rings. The molecule has 106 valence electrons. The van der Waals surface area contributed by atoms with Crippen molar-refractivity contribution in [3.05, 3.63) is 53.1 Å². The second-order valence-electron chi connectivity index (χ2n) is 4.43. The number of benzene rings is 2. The summed E-state index contributed by atoms with van der Waals surface area (Å²) < 4.78 is 11.3. The summed E-state index contributed by atoms with van der Waals surface area (Å²) in [6.45, 7) is 3.10. The van der Waals surface area contributed by atoms with E-state index in [4.69, 9.17) is 26.8 Å². The first-order valence-corrected chi connectivity index (χ1v) is 6.97. The Labute approximate surface area is 124 Å². The lowest BCUT2D eigenvalue weighted by Crippen LogP contribution is -2.01. The fraction of sp³-hybridized carbons (Fsp3) is 0.250. The summed E-state index contributed by atoms with van der Waals surface area (Å²) in [7, 11) is 0. The zero-order valence-electron chi connectivity index (χ0n) is 11.4. The lowest BCUT2D eigenvalue weighted by atomic mass is 10.2. The second-order valence-corrected chi connectivity index (χ2v) is 4.84. The first kappa shape index (κ1) is 14.5. The van der Waals surface area contributed by atoms with Crippen LogP contribution in [0.2, 0.25) is 5.02 Å². The minimum atomic E-state index is 0.414. The lowest BCUT2D eigenvalue weighted by Gasteiger charge is -2.11. The molecular weight excluding hydrogens is 274 g/mol. The van der Waals surface area contributed by atoms with E-state index in [1.807, 2.05) is 43.3 Å². The summed E-state index contributed by atoms with van der Waals surface area (Å²) in [6, 6.07) is 13.0. The smallest absolute Gasteiger partial charge is 0.145 e. The minimum Gasteiger partial charge on any atom is -0.491 e. The molecule has 0 saturated carbocycles. The largest absolute Gasteiger partial charge is 0.491 e. The van der Waals surface area contributed by atoms with Crippen LogP contribution in [0.1, 0.15) is 18.9 Å². The molecule has 0 aliphatic rings. The Kier molecular flexibility index (Phi) is 5.13. The van der Waals surface area contributed by atoms with E-state index in [0.717, 1.165) is 12.0 Å². The van der Waals surface area contributed by atoms with E-state index in [2.05, 4.69) is 0 Å². The van der Waals surface area contributed by atoms with Crippen molar-refractivity contribution in [1.82, 2.24) is 0 Å². The third-order valence-corrected chi connectivity index (χ3v) is 3.17. The second kappa shape index (κ2) is 7.06. The van der Waals surface area contributed by atoms with Crippen LogP contribution in [0.4, 0.5) is 5.69 Å². The molecule has 0 unspecified atom stereocenters. The molecule has 0 aromatic heterocycles. The fourth-order valence-electron chi connectivity index (χ4n) is 1.72. The predicted molar refractivity (Wildman–Crippen MR) is 82.4 cm³/mol. The van der Waals surface area contributed by atoms with Crippen LogP contribution in [0, 0.1) is 0 Å². The molecule has 3 nitrogen and oxygen atoms in total. The topological polar surface area (TPSA) is 44.5 Å². The van der Waals surface area contributed by atoms with Crippen LogP contribution in [0.3, 0.4) is 0 Å². The molecule has 0 bridgehead atoms. The Hall–Kier alpha value is -1.87. The molecule has 2 N–H and O–H groups in total. The summed E-state index contributed by atoms with van der Waals surface area (Å²) in [5.74, 6) is 1.37. The minimum absolute atomic E-state index is 0.414. The Morgan fingerprint density at radius 3 is 2.65 bits per heavy atom. The average Bonchev–Trinajstić information content (AvgIpc) is 2.46. The number of anilines is 1. The zero-order chi connectivity index (χ0) is 14.4. The third-order valence-electron chi connectivity index (χ3n) is 2.80. The lowest BCUT2D eigenvalue weighted by molar-refractivity contribution is 0.295. The molecule has 20 heavy (non-hydrogen) atoms. The van der Waals surface area contributed by atoms with Gasteiger partial charge >= 0.3 is 0 Å². The SMILES string of the molecule is CCCOc1cc(OCc2ccccc2Cl)ccc1N. The molecular formula is C16H18ClNO2. The molecule has 4 heteroatoms. The molecule has 0 heterocycles. The number of nitrogen functional groups attached to an aromatic ring is 1. The number of hydrogen-bond donors (Lipinski definition) is 1. The van der Waals surface area contributed by atoms with E-state index < -0.39 is 0 Å². The van der Waals surface area contributed by atoms with Crippen LogP contribution < -0.4 is 15.2 Å². The Morgan fingerprint density at radius 2 is 1.90 bits per heavy atom. The van der Waals surface area contributed by atoms with Crippen LogP contribution in [0.25, 0.3) is 0 Å². The van der Waals surface area contributed by atoms with E-state index in [-0.39, 0.29) is 0 Å². The van der Waals surface area contributed by atoms with Gasteiger partial charge in [-0.1, -0.05) is 36.7 Å². The zero-order valence-corrected chi connectivity index (χ0v) is 12.2. The Morgan fingerprint density at radius 1 is 1.10 bits per heavy atom. The van der Waals surface area contributed by atoms with Crippen LogP contribution in [0.5, 0.6) is 11.5 Å². The highest BCUT2D eigenvalue weighted by molar-refractivity contribution is 6.31. The van der Waals surface area contributed by atoms with Crippen molar-refractivity contribution in [2.24, 2.45) is 0 Å². The van der Waals surface area contributed by atoms with Crippen molar-refractivity contribution in [2.45, 2.75) is 20.0 Å². The van der Waals surface area contributed by atoms with Gasteiger partial charge in [0, 0.05) is 16.7 Å². The van der Waals surface area contributed by atoms with Crippen LogP contribution in [-0.4, -0.2) is 6.61 Å². The average molecular weight is 292 g/mol. The van der Waals surface area contributed by atoms with Crippen LogP contribution in [-0.2, 0) is 6.61 Å². The summed E-state index contributed by atoms with van der Waals surface area (Å²) in [5, 5.41) is 0.699. The van der Waals surface area contributed by atoms with Gasteiger partial charge in [-0.25, -0.2) is 0 Å². The van der Waals surface area contributed by atoms with Gasteiger partial charge in [0.25, 0.3) is 0 Å². The van der Waals surface area contributed by atoms with Crippen molar-refractivity contribution in [3.8, 4) is 11.5 Å². The molecule has 0 radical (unpaired) electrons. The van der Waals surface area contributed by atoms with Gasteiger partial charge in [-0.05, 0) is 24.6 Å². The monoisotopic (exact) mass is 291 g/mol. The quantitative estimate of drug-likeness (QED) is 0.808. The Balaban J connectivity index is 2.04. The molecule has 0 fully saturated rings. The third kappa shape index (κ3) is 3.81. The first-order chi connectivity index (χ1) is 9.70. The molecule has 2 aromatic carbocycles. The van der Waals surface area contributed by atoms with Crippen molar-refractivity contribution >= 4 is 17.3 Å². The van der Waals surface area contributed by atoms with Crippen LogP contribution >= 0.6 is 11.6 Å². The highest BCUT2D eigenvalue weighted by Crippen LogP contribution is 2.28. The number of rotatable bonds is 6. The predicted octanol–water partition coefficient (Wildman–Crippen LogP) is 4.29. The normalized spacial score (nSPS) is 10.3. The van der Waals surface area contributed by atoms with Gasteiger partial charge in [0.05, 0.1) is 12.3 Å². The van der Waals surface area contributed by atoms with Gasteiger partial charge in [-0.3, -0.25) is 0 Å².